The molecule has 150 valence electrons. The lowest BCUT2D eigenvalue weighted by atomic mass is 9.81. The van der Waals surface area contributed by atoms with E-state index in [4.69, 9.17) is 9.47 Å². The van der Waals surface area contributed by atoms with Crippen LogP contribution in [0.3, 0.4) is 0 Å². The fourth-order valence-electron chi connectivity index (χ4n) is 3.40. The SMILES string of the molecule is Cc1cc(Nc2nccc(OC3COC3)n2)cc(-c2cnc(C3(O)CCC3)s2)c1. The second-order valence-corrected chi connectivity index (χ2v) is 8.65. The maximum absolute atomic E-state index is 10.6. The molecule has 0 atom stereocenters. The number of aromatic nitrogens is 3. The molecule has 2 N–H and O–H groups in total. The van der Waals surface area contributed by atoms with Gasteiger partial charge in [-0.15, -0.1) is 11.3 Å². The van der Waals surface area contributed by atoms with Crippen molar-refractivity contribution in [2.75, 3.05) is 18.5 Å². The van der Waals surface area contributed by atoms with Crippen molar-refractivity contribution < 1.29 is 14.6 Å². The molecule has 0 bridgehead atoms. The maximum atomic E-state index is 10.6. The van der Waals surface area contributed by atoms with Gasteiger partial charge < -0.3 is 19.9 Å². The molecular weight excluding hydrogens is 388 g/mol. The van der Waals surface area contributed by atoms with E-state index >= 15 is 0 Å². The fraction of sp³-hybridized carbons (Fsp3) is 0.381. The van der Waals surface area contributed by atoms with E-state index in [-0.39, 0.29) is 6.10 Å². The van der Waals surface area contributed by atoms with Gasteiger partial charge in [-0.2, -0.15) is 4.98 Å². The molecule has 5 rings (SSSR count). The molecule has 0 amide bonds. The number of ether oxygens (including phenoxy) is 2. The molecule has 2 aliphatic rings. The molecule has 0 radical (unpaired) electrons. The highest BCUT2D eigenvalue weighted by Gasteiger charge is 2.39. The first-order valence-corrected chi connectivity index (χ1v) is 10.5. The first-order chi connectivity index (χ1) is 14.1. The number of rotatable bonds is 6. The van der Waals surface area contributed by atoms with Crippen LogP contribution in [0.15, 0.2) is 36.7 Å². The highest BCUT2D eigenvalue weighted by atomic mass is 32.1. The Labute approximate surface area is 172 Å². The van der Waals surface area contributed by atoms with Crippen LogP contribution in [0.25, 0.3) is 10.4 Å². The molecule has 1 aliphatic carbocycles. The van der Waals surface area contributed by atoms with Gasteiger partial charge in [0.1, 0.15) is 16.7 Å². The van der Waals surface area contributed by atoms with Crippen LogP contribution in [0, 0.1) is 6.92 Å². The standard InChI is InChI=1S/C21H22N4O3S/c1-13-7-14(17-10-23-19(29-17)21(26)4-2-5-21)9-15(8-13)24-20-22-6-3-18(25-20)28-16-11-27-12-16/h3,6-10,16,26H,2,4-5,11-12H2,1H3,(H,22,24,25). The van der Waals surface area contributed by atoms with Crippen LogP contribution in [0.4, 0.5) is 11.6 Å². The van der Waals surface area contributed by atoms with Gasteiger partial charge in [0.05, 0.1) is 18.1 Å². The number of thiazole rings is 1. The monoisotopic (exact) mass is 410 g/mol. The zero-order valence-electron chi connectivity index (χ0n) is 16.1. The molecule has 7 nitrogen and oxygen atoms in total. The van der Waals surface area contributed by atoms with Crippen molar-refractivity contribution in [3.8, 4) is 16.3 Å². The van der Waals surface area contributed by atoms with Gasteiger partial charge in [-0.3, -0.25) is 0 Å². The van der Waals surface area contributed by atoms with Crippen LogP contribution in [0.1, 0.15) is 29.8 Å². The highest BCUT2D eigenvalue weighted by Crippen LogP contribution is 2.44. The van der Waals surface area contributed by atoms with Crippen LogP contribution in [0.5, 0.6) is 5.88 Å². The minimum Gasteiger partial charge on any atom is -0.469 e. The smallest absolute Gasteiger partial charge is 0.230 e. The van der Waals surface area contributed by atoms with Gasteiger partial charge in [-0.25, -0.2) is 9.97 Å². The molecule has 29 heavy (non-hydrogen) atoms. The van der Waals surface area contributed by atoms with Crippen molar-refractivity contribution in [1.82, 2.24) is 15.0 Å². The number of nitrogens with one attached hydrogen (secondary N) is 1. The van der Waals surface area contributed by atoms with Crippen LogP contribution >= 0.6 is 11.3 Å². The molecule has 1 aliphatic heterocycles. The second kappa shape index (κ2) is 7.37. The lowest BCUT2D eigenvalue weighted by molar-refractivity contribution is -0.0813. The first-order valence-electron chi connectivity index (χ1n) is 9.73. The zero-order chi connectivity index (χ0) is 19.8. The Morgan fingerprint density at radius 3 is 2.83 bits per heavy atom. The van der Waals surface area contributed by atoms with E-state index in [1.165, 1.54) is 0 Å². The van der Waals surface area contributed by atoms with Crippen LogP contribution in [-0.4, -0.2) is 39.4 Å². The average Bonchev–Trinajstić information content (AvgIpc) is 3.13. The molecule has 1 saturated heterocycles. The fourth-order valence-corrected chi connectivity index (χ4v) is 4.44. The van der Waals surface area contributed by atoms with Crippen molar-refractivity contribution in [3.05, 3.63) is 47.2 Å². The summed E-state index contributed by atoms with van der Waals surface area (Å²) >= 11 is 1.56. The normalized spacial score (nSPS) is 18.0. The number of benzene rings is 1. The third-order valence-electron chi connectivity index (χ3n) is 5.23. The molecule has 0 spiro atoms. The predicted octanol–water partition coefficient (Wildman–Crippen LogP) is 3.80. The molecule has 8 heteroatoms. The molecule has 2 aromatic heterocycles. The van der Waals surface area contributed by atoms with Gasteiger partial charge in [0, 0.05) is 24.1 Å². The van der Waals surface area contributed by atoms with E-state index in [0.29, 0.717) is 25.0 Å². The molecule has 3 heterocycles. The minimum absolute atomic E-state index is 0.0642. The average molecular weight is 410 g/mol. The summed E-state index contributed by atoms with van der Waals surface area (Å²) in [5.74, 6) is 1.01. The lowest BCUT2D eigenvalue weighted by Gasteiger charge is -2.34. The summed E-state index contributed by atoms with van der Waals surface area (Å²) in [6.07, 6.45) is 6.23. The van der Waals surface area contributed by atoms with E-state index in [9.17, 15) is 5.11 Å². The van der Waals surface area contributed by atoms with Gasteiger partial charge in [0.25, 0.3) is 0 Å². The van der Waals surface area contributed by atoms with E-state index in [1.807, 2.05) is 25.3 Å². The lowest BCUT2D eigenvalue weighted by Crippen LogP contribution is -2.38. The Morgan fingerprint density at radius 2 is 2.10 bits per heavy atom. The predicted molar refractivity (Wildman–Crippen MR) is 111 cm³/mol. The van der Waals surface area contributed by atoms with Crippen LogP contribution in [0.2, 0.25) is 0 Å². The topological polar surface area (TPSA) is 89.4 Å². The third-order valence-corrected chi connectivity index (χ3v) is 6.47. The van der Waals surface area contributed by atoms with E-state index in [2.05, 4.69) is 26.3 Å². The molecule has 3 aromatic rings. The van der Waals surface area contributed by atoms with Gasteiger partial charge in [0.15, 0.2) is 0 Å². The number of hydrogen-bond donors (Lipinski definition) is 2. The Bertz CT molecular complexity index is 1030. The Morgan fingerprint density at radius 1 is 1.24 bits per heavy atom. The van der Waals surface area contributed by atoms with Crippen LogP contribution < -0.4 is 10.1 Å². The summed E-state index contributed by atoms with van der Waals surface area (Å²) in [5.41, 5.74) is 2.33. The van der Waals surface area contributed by atoms with Gasteiger partial charge in [0.2, 0.25) is 11.8 Å². The third kappa shape index (κ3) is 3.83. The summed E-state index contributed by atoms with van der Waals surface area (Å²) in [7, 11) is 0. The van der Waals surface area contributed by atoms with Crippen molar-refractivity contribution in [3.63, 3.8) is 0 Å². The van der Waals surface area contributed by atoms with E-state index in [0.717, 1.165) is 46.0 Å². The molecule has 2 fully saturated rings. The van der Waals surface area contributed by atoms with Gasteiger partial charge >= 0.3 is 0 Å². The second-order valence-electron chi connectivity index (χ2n) is 7.62. The summed E-state index contributed by atoms with van der Waals surface area (Å²) in [6, 6.07) is 7.95. The number of nitrogens with zero attached hydrogens (tertiary/aromatic N) is 3. The van der Waals surface area contributed by atoms with Crippen molar-refractivity contribution in [2.45, 2.75) is 37.9 Å². The summed E-state index contributed by atoms with van der Waals surface area (Å²) < 4.78 is 10.9. The zero-order valence-corrected chi connectivity index (χ0v) is 16.9. The summed E-state index contributed by atoms with van der Waals surface area (Å²) in [5, 5.41) is 14.6. The molecule has 0 unspecified atom stereocenters. The Hall–Kier alpha value is -2.55. The highest BCUT2D eigenvalue weighted by molar-refractivity contribution is 7.15. The molecule has 1 saturated carbocycles. The van der Waals surface area contributed by atoms with Crippen LogP contribution in [-0.2, 0) is 10.3 Å². The summed E-state index contributed by atoms with van der Waals surface area (Å²) in [4.78, 5) is 14.2. The van der Waals surface area contributed by atoms with Gasteiger partial charge in [-0.05, 0) is 49.4 Å². The van der Waals surface area contributed by atoms with E-state index in [1.54, 1.807) is 23.6 Å². The largest absolute Gasteiger partial charge is 0.469 e. The number of anilines is 2. The molecule has 1 aromatic carbocycles. The molecular formula is C21H22N4O3S. The minimum atomic E-state index is -0.729. The van der Waals surface area contributed by atoms with E-state index < -0.39 is 5.60 Å². The van der Waals surface area contributed by atoms with Crippen molar-refractivity contribution >= 4 is 23.0 Å². The Balaban J connectivity index is 1.36. The number of aryl methyl sites for hydroxylation is 1. The van der Waals surface area contributed by atoms with Crippen molar-refractivity contribution in [2.24, 2.45) is 0 Å². The first kappa shape index (κ1) is 18.5. The van der Waals surface area contributed by atoms with Crippen molar-refractivity contribution in [1.29, 1.82) is 0 Å². The Kier molecular flexibility index (Phi) is 4.69. The van der Waals surface area contributed by atoms with Gasteiger partial charge in [-0.1, -0.05) is 6.07 Å². The quantitative estimate of drug-likeness (QED) is 0.639. The summed E-state index contributed by atoms with van der Waals surface area (Å²) in [6.45, 7) is 3.24. The maximum Gasteiger partial charge on any atom is 0.230 e. The number of aliphatic hydroxyl groups is 1. The number of hydrogen-bond acceptors (Lipinski definition) is 8.